The largest absolute Gasteiger partial charge is 0.445 e. The summed E-state index contributed by atoms with van der Waals surface area (Å²) in [5.74, 6) is 0.358. The van der Waals surface area contributed by atoms with E-state index in [-0.39, 0.29) is 0 Å². The number of piperidine rings is 1. The number of nitrogens with zero attached hydrogens (tertiary/aromatic N) is 5. The Morgan fingerprint density at radius 3 is 2.82 bits per heavy atom. The summed E-state index contributed by atoms with van der Waals surface area (Å²) in [5.41, 5.74) is 1.16. The molecule has 1 aliphatic rings. The molecular weight excluding hydrogens is 315 g/mol. The molecule has 0 spiro atoms. The Morgan fingerprint density at radius 1 is 1.36 bits per heavy atom. The summed E-state index contributed by atoms with van der Waals surface area (Å²) in [6, 6.07) is 2.00. The molecule has 5 nitrogen and oxygen atoms in total. The van der Waals surface area contributed by atoms with Gasteiger partial charge >= 0.3 is 6.18 Å². The lowest BCUT2D eigenvalue weighted by Gasteiger charge is -2.32. The van der Waals surface area contributed by atoms with Gasteiger partial charge in [0.25, 0.3) is 0 Å². The van der Waals surface area contributed by atoms with E-state index in [2.05, 4.69) is 20.2 Å². The predicted octanol–water partition coefficient (Wildman–Crippen LogP) is 2.67. The van der Waals surface area contributed by atoms with Crippen LogP contribution in [0.1, 0.15) is 34.5 Å². The summed E-state index contributed by atoms with van der Waals surface area (Å²) in [6.45, 7) is 2.10. The van der Waals surface area contributed by atoms with Crippen LogP contribution in [0.2, 0.25) is 0 Å². The van der Waals surface area contributed by atoms with Crippen molar-refractivity contribution in [2.24, 2.45) is 7.05 Å². The molecule has 0 radical (unpaired) electrons. The van der Waals surface area contributed by atoms with Gasteiger partial charge in [-0.1, -0.05) is 11.3 Å². The van der Waals surface area contributed by atoms with Crippen molar-refractivity contribution in [3.8, 4) is 0 Å². The Labute approximate surface area is 129 Å². The summed E-state index contributed by atoms with van der Waals surface area (Å²) in [5, 5.41) is 10.6. The topological polar surface area (TPSA) is 46.8 Å². The highest BCUT2D eigenvalue weighted by Crippen LogP contribution is 2.32. The highest BCUT2D eigenvalue weighted by Gasteiger charge is 2.36. The monoisotopic (exact) mass is 331 g/mol. The molecule has 0 N–H and O–H groups in total. The van der Waals surface area contributed by atoms with E-state index in [4.69, 9.17) is 0 Å². The fourth-order valence-electron chi connectivity index (χ4n) is 2.85. The molecule has 0 bridgehead atoms. The second-order valence-corrected chi connectivity index (χ2v) is 6.51. The van der Waals surface area contributed by atoms with Gasteiger partial charge in [0.2, 0.25) is 5.01 Å². The minimum absolute atomic E-state index is 0.358. The molecule has 0 aromatic carbocycles. The van der Waals surface area contributed by atoms with Gasteiger partial charge in [-0.05, 0) is 25.5 Å². The quantitative estimate of drug-likeness (QED) is 0.867. The first kappa shape index (κ1) is 15.4. The molecule has 120 valence electrons. The third kappa shape index (κ3) is 3.30. The molecule has 1 aliphatic heterocycles. The lowest BCUT2D eigenvalue weighted by atomic mass is 9.95. The Hall–Kier alpha value is -1.48. The highest BCUT2D eigenvalue weighted by atomic mass is 32.1. The number of hydrogen-bond acceptors (Lipinski definition) is 5. The van der Waals surface area contributed by atoms with E-state index in [1.807, 2.05) is 17.8 Å². The Morgan fingerprint density at radius 2 is 2.18 bits per heavy atom. The normalized spacial score (nSPS) is 20.5. The summed E-state index contributed by atoms with van der Waals surface area (Å²) in [4.78, 5) is 2.14. The molecule has 9 heteroatoms. The molecule has 1 atom stereocenters. The molecule has 3 heterocycles. The average Bonchev–Trinajstić information content (AvgIpc) is 3.07. The van der Waals surface area contributed by atoms with Gasteiger partial charge in [0, 0.05) is 31.4 Å². The number of likely N-dealkylation sites (tertiary alicyclic amines) is 1. The van der Waals surface area contributed by atoms with Crippen LogP contribution < -0.4 is 0 Å². The van der Waals surface area contributed by atoms with Gasteiger partial charge in [0.05, 0.1) is 6.54 Å². The van der Waals surface area contributed by atoms with Crippen LogP contribution in [0.25, 0.3) is 0 Å². The van der Waals surface area contributed by atoms with Crippen LogP contribution in [-0.2, 0) is 19.8 Å². The van der Waals surface area contributed by atoms with Crippen molar-refractivity contribution < 1.29 is 13.2 Å². The molecular formula is C13H16F3N5S. The number of hydrogen-bond donors (Lipinski definition) is 0. The van der Waals surface area contributed by atoms with E-state index in [0.29, 0.717) is 28.8 Å². The van der Waals surface area contributed by atoms with E-state index < -0.39 is 11.2 Å². The summed E-state index contributed by atoms with van der Waals surface area (Å²) in [6.07, 6.45) is -0.551. The van der Waals surface area contributed by atoms with Crippen molar-refractivity contribution in [3.05, 3.63) is 28.0 Å². The first-order valence-electron chi connectivity index (χ1n) is 7.03. The molecule has 2 aromatic rings. The van der Waals surface area contributed by atoms with Gasteiger partial charge in [-0.3, -0.25) is 9.58 Å². The van der Waals surface area contributed by atoms with Crippen molar-refractivity contribution in [1.82, 2.24) is 24.9 Å². The molecule has 1 saturated heterocycles. The van der Waals surface area contributed by atoms with E-state index in [1.54, 1.807) is 6.20 Å². The molecule has 0 aliphatic carbocycles. The van der Waals surface area contributed by atoms with Crippen LogP contribution >= 0.6 is 11.3 Å². The Balaban J connectivity index is 1.66. The third-order valence-electron chi connectivity index (χ3n) is 3.85. The van der Waals surface area contributed by atoms with Crippen molar-refractivity contribution in [3.63, 3.8) is 0 Å². The number of alkyl halides is 3. The summed E-state index contributed by atoms with van der Waals surface area (Å²) >= 11 is 0.629. The van der Waals surface area contributed by atoms with Gasteiger partial charge in [0.1, 0.15) is 5.01 Å². The number of aryl methyl sites for hydroxylation is 1. The van der Waals surface area contributed by atoms with E-state index in [0.717, 1.165) is 31.6 Å². The lowest BCUT2D eigenvalue weighted by molar-refractivity contribution is -0.138. The van der Waals surface area contributed by atoms with Crippen LogP contribution in [0, 0.1) is 0 Å². The third-order valence-corrected chi connectivity index (χ3v) is 4.80. The first-order valence-corrected chi connectivity index (χ1v) is 7.85. The molecule has 1 fully saturated rings. The maximum atomic E-state index is 12.6. The van der Waals surface area contributed by atoms with Gasteiger partial charge in [-0.2, -0.15) is 18.3 Å². The average molecular weight is 331 g/mol. The Kier molecular flexibility index (Phi) is 4.18. The van der Waals surface area contributed by atoms with E-state index >= 15 is 0 Å². The maximum absolute atomic E-state index is 12.6. The highest BCUT2D eigenvalue weighted by molar-refractivity contribution is 7.11. The van der Waals surface area contributed by atoms with Crippen LogP contribution in [0.3, 0.4) is 0 Å². The molecule has 1 unspecified atom stereocenters. The molecule has 3 rings (SSSR count). The van der Waals surface area contributed by atoms with Crippen molar-refractivity contribution in [1.29, 1.82) is 0 Å². The van der Waals surface area contributed by atoms with Gasteiger partial charge in [0.15, 0.2) is 0 Å². The zero-order valence-electron chi connectivity index (χ0n) is 12.0. The zero-order valence-corrected chi connectivity index (χ0v) is 12.9. The van der Waals surface area contributed by atoms with E-state index in [1.165, 1.54) is 0 Å². The fourth-order valence-corrected chi connectivity index (χ4v) is 3.60. The van der Waals surface area contributed by atoms with Crippen molar-refractivity contribution in [2.75, 3.05) is 13.1 Å². The zero-order chi connectivity index (χ0) is 15.7. The Bertz CT molecular complexity index is 636. The van der Waals surface area contributed by atoms with Crippen LogP contribution in [0.5, 0.6) is 0 Å². The molecule has 2 aromatic heterocycles. The summed E-state index contributed by atoms with van der Waals surface area (Å²) in [7, 11) is 1.91. The first-order chi connectivity index (χ1) is 10.4. The second-order valence-electron chi connectivity index (χ2n) is 5.45. The summed E-state index contributed by atoms with van der Waals surface area (Å²) < 4.78 is 39.5. The fraction of sp³-hybridized carbons (Fsp3) is 0.615. The van der Waals surface area contributed by atoms with Gasteiger partial charge < -0.3 is 0 Å². The molecule has 22 heavy (non-hydrogen) atoms. The maximum Gasteiger partial charge on any atom is 0.445 e. The standard InChI is InChI=1S/C13H16F3N5S/c1-20-10(4-5-17-20)9-3-2-6-21(7-9)8-11-18-19-12(22-11)13(14,15)16/h4-5,9H,2-3,6-8H2,1H3. The van der Waals surface area contributed by atoms with E-state index in [9.17, 15) is 13.2 Å². The minimum Gasteiger partial charge on any atom is -0.296 e. The number of rotatable bonds is 3. The van der Waals surface area contributed by atoms with Crippen LogP contribution in [-0.4, -0.2) is 38.0 Å². The smallest absolute Gasteiger partial charge is 0.296 e. The number of aromatic nitrogens is 4. The van der Waals surface area contributed by atoms with Crippen molar-refractivity contribution in [2.45, 2.75) is 31.5 Å². The SMILES string of the molecule is Cn1nccc1C1CCCN(Cc2nnc(C(F)(F)F)s2)C1. The minimum atomic E-state index is -4.41. The lowest BCUT2D eigenvalue weighted by Crippen LogP contribution is -2.34. The number of halogens is 3. The van der Waals surface area contributed by atoms with Gasteiger partial charge in [-0.15, -0.1) is 10.2 Å². The second kappa shape index (κ2) is 5.96. The van der Waals surface area contributed by atoms with Crippen LogP contribution in [0.4, 0.5) is 13.2 Å². The molecule has 0 amide bonds. The van der Waals surface area contributed by atoms with Gasteiger partial charge in [-0.25, -0.2) is 0 Å². The predicted molar refractivity (Wildman–Crippen MR) is 75.4 cm³/mol. The van der Waals surface area contributed by atoms with Crippen molar-refractivity contribution >= 4 is 11.3 Å². The van der Waals surface area contributed by atoms with Crippen LogP contribution in [0.15, 0.2) is 12.3 Å². The molecule has 0 saturated carbocycles.